The number of carbonyl (C=O) groups is 1. The Bertz CT molecular complexity index is 753. The monoisotopic (exact) mass is 371 g/mol. The Balaban J connectivity index is 1.35. The van der Waals surface area contributed by atoms with Crippen molar-refractivity contribution >= 4 is 6.03 Å². The summed E-state index contributed by atoms with van der Waals surface area (Å²) in [4.78, 5) is 16.2. The van der Waals surface area contributed by atoms with E-state index in [-0.39, 0.29) is 12.1 Å². The van der Waals surface area contributed by atoms with Crippen molar-refractivity contribution in [3.05, 3.63) is 41.3 Å². The van der Waals surface area contributed by atoms with Gasteiger partial charge in [0.05, 0.1) is 5.69 Å². The van der Waals surface area contributed by atoms with Crippen LogP contribution in [0.25, 0.3) is 0 Å². The van der Waals surface area contributed by atoms with E-state index in [0.29, 0.717) is 19.0 Å². The molecule has 2 heterocycles. The van der Waals surface area contributed by atoms with Crippen LogP contribution in [-0.2, 0) is 13.1 Å². The van der Waals surface area contributed by atoms with Gasteiger partial charge in [0.2, 0.25) is 5.88 Å². The number of rotatable bonds is 8. The van der Waals surface area contributed by atoms with E-state index in [0.717, 1.165) is 42.8 Å². The highest BCUT2D eigenvalue weighted by atomic mass is 16.5. The molecule has 1 aliphatic rings. The van der Waals surface area contributed by atoms with Crippen LogP contribution in [0.3, 0.4) is 0 Å². The summed E-state index contributed by atoms with van der Waals surface area (Å²) >= 11 is 0. The van der Waals surface area contributed by atoms with Gasteiger partial charge in [0.25, 0.3) is 0 Å². The van der Waals surface area contributed by atoms with Gasteiger partial charge in [-0.3, -0.25) is 4.68 Å². The molecule has 27 heavy (non-hydrogen) atoms. The highest BCUT2D eigenvalue weighted by molar-refractivity contribution is 5.73. The van der Waals surface area contributed by atoms with Crippen molar-refractivity contribution in [1.29, 1.82) is 0 Å². The minimum atomic E-state index is -0.168. The van der Waals surface area contributed by atoms with Crippen LogP contribution in [0.5, 0.6) is 5.88 Å². The minimum Gasteiger partial charge on any atom is -0.474 e. The van der Waals surface area contributed by atoms with Crippen molar-refractivity contribution in [2.45, 2.75) is 65.1 Å². The zero-order valence-electron chi connectivity index (χ0n) is 16.2. The maximum Gasteiger partial charge on any atom is 0.315 e. The summed E-state index contributed by atoms with van der Waals surface area (Å²) < 4.78 is 7.88. The fourth-order valence-electron chi connectivity index (χ4n) is 3.38. The van der Waals surface area contributed by atoms with E-state index < -0.39 is 0 Å². The molecule has 1 fully saturated rings. The van der Waals surface area contributed by atoms with Crippen molar-refractivity contribution in [2.75, 3.05) is 6.54 Å². The summed E-state index contributed by atoms with van der Waals surface area (Å²) in [6, 6.07) is 5.68. The van der Waals surface area contributed by atoms with Crippen LogP contribution in [0.2, 0.25) is 0 Å². The third-order valence-corrected chi connectivity index (χ3v) is 4.78. The van der Waals surface area contributed by atoms with E-state index in [1.807, 2.05) is 30.7 Å². The van der Waals surface area contributed by atoms with Crippen LogP contribution in [-0.4, -0.2) is 33.4 Å². The zero-order valence-corrected chi connectivity index (χ0v) is 16.2. The summed E-state index contributed by atoms with van der Waals surface area (Å²) in [6.45, 7) is 5.88. The molecule has 1 saturated carbocycles. The van der Waals surface area contributed by atoms with Crippen molar-refractivity contribution in [1.82, 2.24) is 25.4 Å². The summed E-state index contributed by atoms with van der Waals surface area (Å²) in [5.41, 5.74) is 3.15. The van der Waals surface area contributed by atoms with Gasteiger partial charge in [-0.25, -0.2) is 9.78 Å². The first-order valence-electron chi connectivity index (χ1n) is 9.74. The van der Waals surface area contributed by atoms with E-state index in [1.165, 1.54) is 12.8 Å². The van der Waals surface area contributed by atoms with E-state index in [1.54, 1.807) is 6.20 Å². The topological polar surface area (TPSA) is 81.1 Å². The smallest absolute Gasteiger partial charge is 0.315 e. The van der Waals surface area contributed by atoms with Crippen LogP contribution in [0.15, 0.2) is 24.4 Å². The molecule has 7 nitrogen and oxygen atoms in total. The van der Waals surface area contributed by atoms with Crippen molar-refractivity contribution in [2.24, 2.45) is 0 Å². The van der Waals surface area contributed by atoms with Crippen LogP contribution in [0, 0.1) is 13.8 Å². The number of carbonyl (C=O) groups excluding carboxylic acids is 1. The molecule has 0 spiro atoms. The Morgan fingerprint density at radius 2 is 2.07 bits per heavy atom. The summed E-state index contributed by atoms with van der Waals surface area (Å²) in [7, 11) is 0. The second kappa shape index (κ2) is 9.39. The van der Waals surface area contributed by atoms with Gasteiger partial charge < -0.3 is 15.4 Å². The molecule has 0 saturated heterocycles. The number of amides is 2. The van der Waals surface area contributed by atoms with Gasteiger partial charge in [-0.1, -0.05) is 0 Å². The predicted molar refractivity (Wildman–Crippen MR) is 104 cm³/mol. The van der Waals surface area contributed by atoms with Gasteiger partial charge in [0.15, 0.2) is 0 Å². The average molecular weight is 371 g/mol. The first kappa shape index (κ1) is 19.2. The first-order chi connectivity index (χ1) is 13.1. The maximum absolute atomic E-state index is 12.0. The molecule has 1 aliphatic carbocycles. The van der Waals surface area contributed by atoms with Crippen molar-refractivity contribution in [3.63, 3.8) is 0 Å². The van der Waals surface area contributed by atoms with E-state index >= 15 is 0 Å². The van der Waals surface area contributed by atoms with Gasteiger partial charge in [0.1, 0.15) is 6.10 Å². The van der Waals surface area contributed by atoms with Gasteiger partial charge in [-0.05, 0) is 63.6 Å². The molecule has 2 aromatic heterocycles. The number of hydrogen-bond donors (Lipinski definition) is 2. The fourth-order valence-corrected chi connectivity index (χ4v) is 3.38. The normalized spacial score (nSPS) is 14.3. The molecule has 0 radical (unpaired) electrons. The molecule has 2 amide bonds. The Morgan fingerprint density at radius 1 is 1.26 bits per heavy atom. The van der Waals surface area contributed by atoms with Gasteiger partial charge in [-0.15, -0.1) is 0 Å². The molecular formula is C20H29N5O2. The zero-order chi connectivity index (χ0) is 19.1. The Hall–Kier alpha value is -2.57. The second-order valence-corrected chi connectivity index (χ2v) is 7.14. The number of nitrogens with zero attached hydrogens (tertiary/aromatic N) is 3. The third-order valence-electron chi connectivity index (χ3n) is 4.78. The first-order valence-corrected chi connectivity index (χ1v) is 9.74. The van der Waals surface area contributed by atoms with Crippen LogP contribution in [0.1, 0.15) is 49.1 Å². The molecule has 3 rings (SSSR count). The van der Waals surface area contributed by atoms with Crippen LogP contribution >= 0.6 is 0 Å². The quantitative estimate of drug-likeness (QED) is 0.699. The number of pyridine rings is 1. The number of ether oxygens (including phenoxy) is 1. The molecule has 0 unspecified atom stereocenters. The molecule has 2 aromatic rings. The second-order valence-electron chi connectivity index (χ2n) is 7.14. The highest BCUT2D eigenvalue weighted by Crippen LogP contribution is 2.23. The van der Waals surface area contributed by atoms with Crippen LogP contribution < -0.4 is 15.4 Å². The Morgan fingerprint density at radius 3 is 2.81 bits per heavy atom. The standard InChI is InChI=1S/C20H29N5O2/c1-15-12-16(2)25(24-15)11-5-9-22-20(26)23-14-17-8-10-21-19(13-17)27-18-6-3-4-7-18/h8,10,12-13,18H,3-7,9,11,14H2,1-2H3,(H2,22,23,26). The van der Waals surface area contributed by atoms with Gasteiger partial charge in [0, 0.05) is 37.6 Å². The largest absolute Gasteiger partial charge is 0.474 e. The summed E-state index contributed by atoms with van der Waals surface area (Å²) in [5.74, 6) is 0.645. The van der Waals surface area contributed by atoms with E-state index in [4.69, 9.17) is 4.74 Å². The van der Waals surface area contributed by atoms with Crippen LogP contribution in [0.4, 0.5) is 4.79 Å². The van der Waals surface area contributed by atoms with Crippen molar-refractivity contribution < 1.29 is 9.53 Å². The molecular weight excluding hydrogens is 342 g/mol. The Kier molecular flexibility index (Phi) is 6.68. The molecule has 7 heteroatoms. The van der Waals surface area contributed by atoms with Crippen molar-refractivity contribution in [3.8, 4) is 5.88 Å². The summed E-state index contributed by atoms with van der Waals surface area (Å²) in [5, 5.41) is 10.2. The lowest BCUT2D eigenvalue weighted by atomic mass is 10.2. The lowest BCUT2D eigenvalue weighted by molar-refractivity contribution is 0.201. The lowest BCUT2D eigenvalue weighted by Gasteiger charge is -2.13. The molecule has 0 aromatic carbocycles. The average Bonchev–Trinajstić information content (AvgIpc) is 3.26. The molecule has 0 aliphatic heterocycles. The van der Waals surface area contributed by atoms with Gasteiger partial charge in [-0.2, -0.15) is 5.10 Å². The lowest BCUT2D eigenvalue weighted by Crippen LogP contribution is -2.35. The third kappa shape index (κ3) is 5.98. The molecule has 0 bridgehead atoms. The molecule has 146 valence electrons. The number of urea groups is 1. The predicted octanol–water partition coefficient (Wildman–Crippen LogP) is 3.11. The Labute approximate surface area is 160 Å². The number of aryl methyl sites for hydroxylation is 3. The molecule has 0 atom stereocenters. The SMILES string of the molecule is Cc1cc(C)n(CCCNC(=O)NCc2ccnc(OC3CCCC3)c2)n1. The number of hydrogen-bond acceptors (Lipinski definition) is 4. The van der Waals surface area contributed by atoms with E-state index in [9.17, 15) is 4.79 Å². The highest BCUT2D eigenvalue weighted by Gasteiger charge is 2.17. The maximum atomic E-state index is 12.0. The number of nitrogens with one attached hydrogen (secondary N) is 2. The molecule has 2 N–H and O–H groups in total. The minimum absolute atomic E-state index is 0.168. The fraction of sp³-hybridized carbons (Fsp3) is 0.550. The summed E-state index contributed by atoms with van der Waals surface area (Å²) in [6.07, 6.45) is 7.51. The van der Waals surface area contributed by atoms with Gasteiger partial charge >= 0.3 is 6.03 Å². The van der Waals surface area contributed by atoms with E-state index in [2.05, 4.69) is 26.8 Å². The number of aromatic nitrogens is 3.